The molecule has 2 nitrogen and oxygen atoms in total. The predicted octanol–water partition coefficient (Wildman–Crippen LogP) is 18.8. The van der Waals surface area contributed by atoms with E-state index in [2.05, 4.69) is 289 Å². The molecule has 15 rings (SSSR count). The Morgan fingerprint density at radius 1 is 0.274 bits per heavy atom. The van der Waals surface area contributed by atoms with Crippen LogP contribution in [0.25, 0.3) is 93.9 Å². The van der Waals surface area contributed by atoms with Gasteiger partial charge in [0.25, 0.3) is 0 Å². The number of hydrogen-bond donors (Lipinski definition) is 0. The van der Waals surface area contributed by atoms with E-state index in [9.17, 15) is 0 Å². The van der Waals surface area contributed by atoms with Crippen molar-refractivity contribution in [2.24, 2.45) is 0 Å². The highest BCUT2D eigenvalue weighted by molar-refractivity contribution is 6.13. The first-order valence-corrected chi connectivity index (χ1v) is 25.3. The molecule has 2 aliphatic rings. The molecule has 1 unspecified atom stereocenters. The lowest BCUT2D eigenvalue weighted by Crippen LogP contribution is -2.33. The highest BCUT2D eigenvalue weighted by atomic mass is 15.1. The van der Waals surface area contributed by atoms with Gasteiger partial charge < -0.3 is 9.47 Å². The predicted molar refractivity (Wildman–Crippen MR) is 306 cm³/mol. The van der Waals surface area contributed by atoms with Crippen LogP contribution in [0.1, 0.15) is 22.3 Å². The van der Waals surface area contributed by atoms with Gasteiger partial charge in [-0.3, -0.25) is 0 Å². The summed E-state index contributed by atoms with van der Waals surface area (Å²) in [6.45, 7) is 0. The molecule has 1 spiro atoms. The molecule has 1 aliphatic heterocycles. The van der Waals surface area contributed by atoms with E-state index in [0.717, 1.165) is 28.2 Å². The van der Waals surface area contributed by atoms with Crippen molar-refractivity contribution >= 4 is 49.6 Å². The third-order valence-electron chi connectivity index (χ3n) is 15.8. The Morgan fingerprint density at radius 2 is 0.822 bits per heavy atom. The summed E-state index contributed by atoms with van der Waals surface area (Å²) in [6.07, 6.45) is 0. The van der Waals surface area contributed by atoms with E-state index in [-0.39, 0.29) is 0 Å². The maximum Gasteiger partial charge on any atom is 0.0754 e. The van der Waals surface area contributed by atoms with Crippen LogP contribution in [0.15, 0.2) is 279 Å². The van der Waals surface area contributed by atoms with Crippen LogP contribution < -0.4 is 4.90 Å². The van der Waals surface area contributed by atoms with Crippen LogP contribution in [-0.4, -0.2) is 4.57 Å². The quantitative estimate of drug-likeness (QED) is 0.155. The topological polar surface area (TPSA) is 8.17 Å². The van der Waals surface area contributed by atoms with Gasteiger partial charge in [0.2, 0.25) is 0 Å². The summed E-state index contributed by atoms with van der Waals surface area (Å²) in [5.74, 6) is 0. The normalized spacial score (nSPS) is 14.1. The standard InChI is InChI=1S/C71H46N2/c1-3-20-47(21-4-1)49-24-17-26-51(44-49)55-28-10-14-37-66(55)72(53-27-18-25-50(45-53)48-22-5-2-6-23-48)68-43-42-54(56-29-7-8-31-59(56)68)52-40-41-58-57-30-9-12-34-62(57)71(65(58)46-52)63-35-13-16-39-69(63)73-67-38-15-11-32-60(67)61-33-19-36-64(71)70(61)73/h1-46H. The fourth-order valence-corrected chi connectivity index (χ4v) is 12.7. The Labute approximate surface area is 425 Å². The van der Waals surface area contributed by atoms with Gasteiger partial charge in [0, 0.05) is 27.4 Å². The average Bonchev–Trinajstić information content (AvgIpc) is 4.06. The molecule has 0 saturated carbocycles. The molecule has 0 fully saturated rings. The minimum Gasteiger partial charge on any atom is -0.309 e. The summed E-state index contributed by atoms with van der Waals surface area (Å²) in [6, 6.07) is 103. The summed E-state index contributed by atoms with van der Waals surface area (Å²) < 4.78 is 2.52. The second-order valence-corrected chi connectivity index (χ2v) is 19.5. The van der Waals surface area contributed by atoms with Gasteiger partial charge >= 0.3 is 0 Å². The van der Waals surface area contributed by atoms with Gasteiger partial charge in [-0.25, -0.2) is 0 Å². The van der Waals surface area contributed by atoms with Crippen LogP contribution in [0.5, 0.6) is 0 Å². The number of nitrogens with zero attached hydrogens (tertiary/aromatic N) is 2. The molecule has 340 valence electrons. The van der Waals surface area contributed by atoms with E-state index in [4.69, 9.17) is 0 Å². The van der Waals surface area contributed by atoms with Crippen molar-refractivity contribution in [3.63, 3.8) is 0 Å². The number of fused-ring (bicyclic) bond motifs is 13. The summed E-state index contributed by atoms with van der Waals surface area (Å²) in [4.78, 5) is 2.48. The monoisotopic (exact) mass is 926 g/mol. The molecule has 0 amide bonds. The minimum atomic E-state index is -0.541. The van der Waals surface area contributed by atoms with Crippen molar-refractivity contribution in [1.82, 2.24) is 4.57 Å². The van der Waals surface area contributed by atoms with Crippen molar-refractivity contribution in [3.8, 4) is 61.3 Å². The summed E-state index contributed by atoms with van der Waals surface area (Å²) >= 11 is 0. The SMILES string of the molecule is c1ccc(-c2cccc(-c3ccccc3N(c3cccc(-c4ccccc4)c3)c3ccc(-c4ccc5c(c4)C4(c6ccccc6-5)c5ccccc5-n5c6ccccc6c6cccc4c65)c4ccccc34)c2)cc1. The van der Waals surface area contributed by atoms with E-state index in [1.165, 1.54) is 105 Å². The number of aromatic nitrogens is 1. The van der Waals surface area contributed by atoms with Gasteiger partial charge in [-0.15, -0.1) is 0 Å². The Balaban J connectivity index is 0.952. The number of hydrogen-bond acceptors (Lipinski definition) is 1. The molecular weight excluding hydrogens is 881 g/mol. The zero-order valence-corrected chi connectivity index (χ0v) is 40.0. The second kappa shape index (κ2) is 16.3. The van der Waals surface area contributed by atoms with Crippen molar-refractivity contribution in [2.45, 2.75) is 5.41 Å². The molecule has 73 heavy (non-hydrogen) atoms. The molecule has 1 aromatic heterocycles. The van der Waals surface area contributed by atoms with Gasteiger partial charge in [-0.05, 0) is 126 Å². The molecule has 1 aliphatic carbocycles. The zero-order chi connectivity index (χ0) is 48.0. The Bertz CT molecular complexity index is 4330. The van der Waals surface area contributed by atoms with Crippen LogP contribution in [0, 0.1) is 0 Å². The summed E-state index contributed by atoms with van der Waals surface area (Å²) in [5, 5.41) is 4.94. The first-order valence-electron chi connectivity index (χ1n) is 25.3. The lowest BCUT2D eigenvalue weighted by Gasteiger charge is -2.39. The van der Waals surface area contributed by atoms with E-state index < -0.39 is 5.41 Å². The van der Waals surface area contributed by atoms with Crippen molar-refractivity contribution in [3.05, 3.63) is 301 Å². The maximum absolute atomic E-state index is 2.53. The van der Waals surface area contributed by atoms with E-state index in [0.29, 0.717) is 0 Å². The Morgan fingerprint density at radius 3 is 1.64 bits per heavy atom. The third-order valence-corrected chi connectivity index (χ3v) is 15.8. The number of para-hydroxylation sites is 4. The summed E-state index contributed by atoms with van der Waals surface area (Å²) in [5.41, 5.74) is 23.8. The van der Waals surface area contributed by atoms with Gasteiger partial charge in [-0.1, -0.05) is 231 Å². The minimum absolute atomic E-state index is 0.541. The maximum atomic E-state index is 2.53. The van der Waals surface area contributed by atoms with Crippen LogP contribution >= 0.6 is 0 Å². The van der Waals surface area contributed by atoms with E-state index in [1.54, 1.807) is 0 Å². The van der Waals surface area contributed by atoms with E-state index >= 15 is 0 Å². The average molecular weight is 927 g/mol. The first kappa shape index (κ1) is 41.3. The Hall–Kier alpha value is -9.50. The molecule has 0 saturated heterocycles. The molecule has 2 heteroatoms. The van der Waals surface area contributed by atoms with Gasteiger partial charge in [0.15, 0.2) is 0 Å². The van der Waals surface area contributed by atoms with Crippen molar-refractivity contribution < 1.29 is 0 Å². The number of anilines is 3. The largest absolute Gasteiger partial charge is 0.309 e. The van der Waals surface area contributed by atoms with Crippen LogP contribution in [0.3, 0.4) is 0 Å². The molecule has 0 bridgehead atoms. The molecular formula is C71H46N2. The molecule has 0 radical (unpaired) electrons. The highest BCUT2D eigenvalue weighted by Crippen LogP contribution is 2.61. The Kier molecular flexibility index (Phi) is 9.21. The van der Waals surface area contributed by atoms with Gasteiger partial charge in [0.05, 0.1) is 33.5 Å². The number of rotatable bonds is 7. The van der Waals surface area contributed by atoms with Crippen LogP contribution in [0.2, 0.25) is 0 Å². The fraction of sp³-hybridized carbons (Fsp3) is 0.0141. The third kappa shape index (κ3) is 6.11. The zero-order valence-electron chi connectivity index (χ0n) is 40.0. The molecule has 2 heterocycles. The van der Waals surface area contributed by atoms with E-state index in [1.807, 2.05) is 0 Å². The van der Waals surface area contributed by atoms with Crippen LogP contribution in [-0.2, 0) is 5.41 Å². The second-order valence-electron chi connectivity index (χ2n) is 19.5. The van der Waals surface area contributed by atoms with Crippen LogP contribution in [0.4, 0.5) is 17.1 Å². The van der Waals surface area contributed by atoms with Gasteiger partial charge in [0.1, 0.15) is 0 Å². The smallest absolute Gasteiger partial charge is 0.0754 e. The lowest BCUT2D eigenvalue weighted by molar-refractivity contribution is 0.749. The molecule has 0 N–H and O–H groups in total. The molecule has 1 atom stereocenters. The van der Waals surface area contributed by atoms with Crippen molar-refractivity contribution in [1.29, 1.82) is 0 Å². The number of benzene rings is 12. The first-order chi connectivity index (χ1) is 36.2. The molecule has 13 aromatic rings. The molecule has 12 aromatic carbocycles. The van der Waals surface area contributed by atoms with Gasteiger partial charge in [-0.2, -0.15) is 0 Å². The highest BCUT2D eigenvalue weighted by Gasteiger charge is 2.51. The lowest BCUT2D eigenvalue weighted by atomic mass is 9.65. The summed E-state index contributed by atoms with van der Waals surface area (Å²) in [7, 11) is 0. The van der Waals surface area contributed by atoms with Crippen molar-refractivity contribution in [2.75, 3.05) is 4.90 Å². The fourth-order valence-electron chi connectivity index (χ4n) is 12.7.